The molecular formula is C22H24ClNO4. The summed E-state index contributed by atoms with van der Waals surface area (Å²) in [7, 11) is 0. The van der Waals surface area contributed by atoms with Gasteiger partial charge >= 0.3 is 12.1 Å². The highest BCUT2D eigenvalue weighted by molar-refractivity contribution is 6.19. The minimum Gasteiger partial charge on any atom is -0.458 e. The first-order valence-corrected chi connectivity index (χ1v) is 9.73. The minimum atomic E-state index is -0.959. The molecule has 148 valence electrons. The van der Waals surface area contributed by atoms with Gasteiger partial charge in [-0.1, -0.05) is 42.5 Å². The summed E-state index contributed by atoms with van der Waals surface area (Å²) in [4.78, 5) is 24.3. The number of carbonyl (C=O) groups excluding carboxylic acids is 2. The van der Waals surface area contributed by atoms with Crippen LogP contribution in [-0.2, 0) is 27.3 Å². The van der Waals surface area contributed by atoms with Gasteiger partial charge in [-0.15, -0.1) is 11.6 Å². The van der Waals surface area contributed by atoms with E-state index in [2.05, 4.69) is 23.5 Å². The van der Waals surface area contributed by atoms with E-state index in [9.17, 15) is 9.59 Å². The molecule has 0 fully saturated rings. The van der Waals surface area contributed by atoms with Crippen LogP contribution in [0, 0.1) is 0 Å². The van der Waals surface area contributed by atoms with Crippen molar-refractivity contribution in [3.8, 4) is 11.1 Å². The Kier molecular flexibility index (Phi) is 5.94. The summed E-state index contributed by atoms with van der Waals surface area (Å²) < 4.78 is 10.6. The molecule has 1 aliphatic rings. The molecule has 0 aromatic heterocycles. The van der Waals surface area contributed by atoms with Crippen molar-refractivity contribution in [1.29, 1.82) is 0 Å². The fraction of sp³-hybridized carbons (Fsp3) is 0.364. The largest absolute Gasteiger partial charge is 0.458 e. The van der Waals surface area contributed by atoms with Gasteiger partial charge in [0.15, 0.2) is 0 Å². The van der Waals surface area contributed by atoms with Gasteiger partial charge in [0, 0.05) is 0 Å². The van der Waals surface area contributed by atoms with Crippen molar-refractivity contribution in [2.45, 2.75) is 45.4 Å². The topological polar surface area (TPSA) is 64.6 Å². The Morgan fingerprint density at radius 3 is 2.54 bits per heavy atom. The third-order valence-electron chi connectivity index (χ3n) is 4.44. The number of ether oxygens (including phenoxy) is 2. The van der Waals surface area contributed by atoms with Crippen molar-refractivity contribution in [3.05, 3.63) is 59.2 Å². The monoisotopic (exact) mass is 401 g/mol. The van der Waals surface area contributed by atoms with E-state index < -0.39 is 23.7 Å². The van der Waals surface area contributed by atoms with Crippen molar-refractivity contribution in [3.63, 3.8) is 0 Å². The van der Waals surface area contributed by atoms with Gasteiger partial charge in [0.1, 0.15) is 18.2 Å². The van der Waals surface area contributed by atoms with E-state index in [1.54, 1.807) is 20.8 Å². The standard InChI is InChI=1S/C22H24ClNO4/c1-22(2,3)28-20(25)19(12-23)24-21(26)27-13-15-8-6-10-17-16-9-5-4-7-14(16)11-18(15)17/h4-10,19H,11-13H2,1-3H3,(H,24,26). The molecule has 0 aliphatic heterocycles. The van der Waals surface area contributed by atoms with Crippen LogP contribution in [0.4, 0.5) is 4.79 Å². The Hall–Kier alpha value is -2.53. The maximum absolute atomic E-state index is 12.2. The molecule has 5 nitrogen and oxygen atoms in total. The fourth-order valence-electron chi connectivity index (χ4n) is 3.22. The summed E-state index contributed by atoms with van der Waals surface area (Å²) in [5.74, 6) is -0.685. The number of hydrogen-bond donors (Lipinski definition) is 1. The SMILES string of the molecule is CC(C)(C)OC(=O)C(CCl)NC(=O)OCc1cccc2c1Cc1ccccc1-2. The Bertz CT molecular complexity index is 888. The predicted octanol–water partition coefficient (Wildman–Crippen LogP) is 4.43. The van der Waals surface area contributed by atoms with Crippen molar-refractivity contribution < 1.29 is 19.1 Å². The second-order valence-corrected chi connectivity index (χ2v) is 8.05. The lowest BCUT2D eigenvalue weighted by Crippen LogP contribution is -2.45. The zero-order valence-electron chi connectivity index (χ0n) is 16.3. The average Bonchev–Trinajstić information content (AvgIpc) is 3.02. The molecule has 3 rings (SSSR count). The first kappa shape index (κ1) is 20.2. The number of halogens is 1. The van der Waals surface area contributed by atoms with Crippen molar-refractivity contribution in [2.24, 2.45) is 0 Å². The smallest absolute Gasteiger partial charge is 0.408 e. The molecule has 0 spiro atoms. The predicted molar refractivity (Wildman–Crippen MR) is 108 cm³/mol. The first-order chi connectivity index (χ1) is 13.3. The van der Waals surface area contributed by atoms with Gasteiger partial charge in [-0.05, 0) is 55.0 Å². The minimum absolute atomic E-state index is 0.0972. The first-order valence-electron chi connectivity index (χ1n) is 9.19. The lowest BCUT2D eigenvalue weighted by molar-refractivity contribution is -0.156. The summed E-state index contributed by atoms with van der Waals surface area (Å²) >= 11 is 5.81. The highest BCUT2D eigenvalue weighted by Gasteiger charge is 2.27. The molecule has 0 heterocycles. The molecule has 0 radical (unpaired) electrons. The lowest BCUT2D eigenvalue weighted by Gasteiger charge is -2.23. The van der Waals surface area contributed by atoms with E-state index >= 15 is 0 Å². The molecule has 1 amide bonds. The number of esters is 1. The van der Waals surface area contributed by atoms with E-state index in [0.717, 1.165) is 17.5 Å². The van der Waals surface area contributed by atoms with Crippen LogP contribution in [0.2, 0.25) is 0 Å². The van der Waals surface area contributed by atoms with E-state index in [1.165, 1.54) is 16.7 Å². The molecule has 1 N–H and O–H groups in total. The van der Waals surface area contributed by atoms with Gasteiger partial charge in [0.25, 0.3) is 0 Å². The van der Waals surface area contributed by atoms with Crippen LogP contribution in [0.1, 0.15) is 37.5 Å². The lowest BCUT2D eigenvalue weighted by atomic mass is 10.0. The Labute approximate surface area is 170 Å². The van der Waals surface area contributed by atoms with Gasteiger partial charge < -0.3 is 14.8 Å². The van der Waals surface area contributed by atoms with Crippen LogP contribution in [-0.4, -0.2) is 29.6 Å². The van der Waals surface area contributed by atoms with Gasteiger partial charge in [0.2, 0.25) is 0 Å². The number of rotatable bonds is 5. The third-order valence-corrected chi connectivity index (χ3v) is 4.75. The number of benzene rings is 2. The van der Waals surface area contributed by atoms with Gasteiger partial charge in [-0.25, -0.2) is 9.59 Å². The molecule has 28 heavy (non-hydrogen) atoms. The number of hydrogen-bond acceptors (Lipinski definition) is 4. The molecule has 0 bridgehead atoms. The maximum atomic E-state index is 12.2. The molecule has 1 atom stereocenters. The third kappa shape index (κ3) is 4.65. The molecule has 6 heteroatoms. The van der Waals surface area contributed by atoms with Crippen LogP contribution in [0.25, 0.3) is 11.1 Å². The van der Waals surface area contributed by atoms with Gasteiger partial charge in [0.05, 0.1) is 5.88 Å². The van der Waals surface area contributed by atoms with Crippen molar-refractivity contribution in [2.75, 3.05) is 5.88 Å². The summed E-state index contributed by atoms with van der Waals surface area (Å²) in [5.41, 5.74) is 5.11. The number of nitrogens with one attached hydrogen (secondary N) is 1. The van der Waals surface area contributed by atoms with Gasteiger partial charge in [-0.2, -0.15) is 0 Å². The summed E-state index contributed by atoms with van der Waals surface area (Å²) in [6.45, 7) is 5.37. The molecule has 2 aromatic carbocycles. The summed E-state index contributed by atoms with van der Waals surface area (Å²) in [6.07, 6.45) is 0.110. The second kappa shape index (κ2) is 8.23. The van der Waals surface area contributed by atoms with Crippen LogP contribution in [0.15, 0.2) is 42.5 Å². The second-order valence-electron chi connectivity index (χ2n) is 7.74. The average molecular weight is 402 g/mol. The quantitative estimate of drug-likeness (QED) is 0.507. The molecule has 2 aromatic rings. The number of carbonyl (C=O) groups is 2. The van der Waals surface area contributed by atoms with E-state index in [1.807, 2.05) is 24.3 Å². The Morgan fingerprint density at radius 1 is 1.11 bits per heavy atom. The van der Waals surface area contributed by atoms with Crippen molar-refractivity contribution >= 4 is 23.7 Å². The van der Waals surface area contributed by atoms with E-state index in [0.29, 0.717) is 0 Å². The van der Waals surface area contributed by atoms with Gasteiger partial charge in [-0.3, -0.25) is 0 Å². The zero-order chi connectivity index (χ0) is 20.3. The van der Waals surface area contributed by atoms with E-state index in [4.69, 9.17) is 21.1 Å². The highest BCUT2D eigenvalue weighted by Crippen LogP contribution is 2.38. The van der Waals surface area contributed by atoms with Crippen LogP contribution >= 0.6 is 11.6 Å². The Balaban J connectivity index is 1.62. The fourth-order valence-corrected chi connectivity index (χ4v) is 3.42. The summed E-state index contributed by atoms with van der Waals surface area (Å²) in [6, 6.07) is 13.3. The molecule has 0 saturated carbocycles. The molecule has 0 saturated heterocycles. The number of fused-ring (bicyclic) bond motifs is 3. The van der Waals surface area contributed by atoms with Crippen molar-refractivity contribution in [1.82, 2.24) is 5.32 Å². The number of amides is 1. The maximum Gasteiger partial charge on any atom is 0.408 e. The van der Waals surface area contributed by atoms with Crippen LogP contribution in [0.3, 0.4) is 0 Å². The molecular weight excluding hydrogens is 378 g/mol. The number of alkyl carbamates (subject to hydrolysis) is 1. The van der Waals surface area contributed by atoms with Crippen LogP contribution < -0.4 is 5.32 Å². The molecule has 1 aliphatic carbocycles. The Morgan fingerprint density at radius 2 is 1.82 bits per heavy atom. The zero-order valence-corrected chi connectivity index (χ0v) is 17.0. The number of alkyl halides is 1. The highest BCUT2D eigenvalue weighted by atomic mass is 35.5. The van der Waals surface area contributed by atoms with Crippen LogP contribution in [0.5, 0.6) is 0 Å². The molecule has 1 unspecified atom stereocenters. The van der Waals surface area contributed by atoms with E-state index in [-0.39, 0.29) is 12.5 Å². The normalized spacial score (nSPS) is 13.3. The summed E-state index contributed by atoms with van der Waals surface area (Å²) in [5, 5.41) is 2.48.